The molecule has 0 aliphatic heterocycles. The van der Waals surface area contributed by atoms with Crippen molar-refractivity contribution in [3.8, 4) is 0 Å². The molecule has 0 aromatic heterocycles. The molecule has 0 bridgehead atoms. The average molecular weight is 489 g/mol. The number of rotatable bonds is 9. The lowest BCUT2D eigenvalue weighted by atomic mass is 10.0. The Hall–Kier alpha value is -3.05. The van der Waals surface area contributed by atoms with E-state index in [-0.39, 0.29) is 17.6 Å². The number of hydrogen-bond acceptors (Lipinski definition) is 3. The van der Waals surface area contributed by atoms with Crippen LogP contribution >= 0.6 is 11.8 Å². The van der Waals surface area contributed by atoms with Crippen LogP contribution in [0.15, 0.2) is 83.8 Å². The number of carbonyl (C=O) groups is 2. The molecule has 3 aromatic rings. The maximum atomic E-state index is 13.7. The van der Waals surface area contributed by atoms with Crippen LogP contribution in [0.4, 0.5) is 0 Å². The second kappa shape index (κ2) is 12.1. The van der Waals surface area contributed by atoms with Crippen LogP contribution in [-0.2, 0) is 22.6 Å². The number of benzene rings is 3. The number of aryl methyl sites for hydroxylation is 2. The molecule has 0 aliphatic carbocycles. The Bertz CT molecular complexity index is 1120. The quantitative estimate of drug-likeness (QED) is 0.379. The van der Waals surface area contributed by atoms with E-state index >= 15 is 0 Å². The number of nitrogens with one attached hydrogen (secondary N) is 1. The van der Waals surface area contributed by atoms with E-state index in [9.17, 15) is 9.59 Å². The van der Waals surface area contributed by atoms with Gasteiger partial charge in [0.25, 0.3) is 0 Å². The lowest BCUT2D eigenvalue weighted by molar-refractivity contribution is -0.140. The molecule has 1 atom stereocenters. The molecule has 0 heterocycles. The molecular formula is C30H36N2O2S. The first-order valence-electron chi connectivity index (χ1n) is 12.0. The van der Waals surface area contributed by atoms with Gasteiger partial charge in [-0.3, -0.25) is 9.59 Å². The zero-order valence-corrected chi connectivity index (χ0v) is 22.2. The topological polar surface area (TPSA) is 49.4 Å². The fraction of sp³-hybridized carbons (Fsp3) is 0.333. The van der Waals surface area contributed by atoms with Gasteiger partial charge in [0, 0.05) is 23.4 Å². The van der Waals surface area contributed by atoms with Gasteiger partial charge in [0.05, 0.1) is 5.75 Å². The van der Waals surface area contributed by atoms with Crippen molar-refractivity contribution in [1.82, 2.24) is 10.2 Å². The molecule has 35 heavy (non-hydrogen) atoms. The molecule has 0 saturated heterocycles. The van der Waals surface area contributed by atoms with Gasteiger partial charge >= 0.3 is 0 Å². The van der Waals surface area contributed by atoms with E-state index in [1.54, 1.807) is 4.90 Å². The Morgan fingerprint density at radius 1 is 0.857 bits per heavy atom. The van der Waals surface area contributed by atoms with Crippen LogP contribution in [0.5, 0.6) is 0 Å². The predicted octanol–water partition coefficient (Wildman–Crippen LogP) is 5.95. The highest BCUT2D eigenvalue weighted by Gasteiger charge is 2.32. The van der Waals surface area contributed by atoms with Gasteiger partial charge in [0.2, 0.25) is 11.8 Å². The second-order valence-electron chi connectivity index (χ2n) is 10.1. The summed E-state index contributed by atoms with van der Waals surface area (Å²) in [5.41, 5.74) is 3.95. The molecular weight excluding hydrogens is 452 g/mol. The SMILES string of the molecule is Cc1ccc(SCC(=O)N(Cc2cccc(C)c2)[C@H](Cc2ccccc2)C(=O)NC(C)(C)C)cc1. The highest BCUT2D eigenvalue weighted by Crippen LogP contribution is 2.22. The van der Waals surface area contributed by atoms with Crippen LogP contribution < -0.4 is 5.32 Å². The van der Waals surface area contributed by atoms with Gasteiger partial charge in [-0.2, -0.15) is 0 Å². The Balaban J connectivity index is 1.92. The van der Waals surface area contributed by atoms with Crippen molar-refractivity contribution >= 4 is 23.6 Å². The van der Waals surface area contributed by atoms with E-state index in [1.807, 2.05) is 107 Å². The normalized spacial score (nSPS) is 12.1. The molecule has 2 amide bonds. The monoisotopic (exact) mass is 488 g/mol. The van der Waals surface area contributed by atoms with Crippen molar-refractivity contribution in [1.29, 1.82) is 0 Å². The number of nitrogens with zero attached hydrogens (tertiary/aromatic N) is 1. The van der Waals surface area contributed by atoms with Gasteiger partial charge < -0.3 is 10.2 Å². The fourth-order valence-corrected chi connectivity index (χ4v) is 4.66. The number of amides is 2. The molecule has 0 radical (unpaired) electrons. The molecule has 4 nitrogen and oxygen atoms in total. The smallest absolute Gasteiger partial charge is 0.243 e. The Morgan fingerprint density at radius 2 is 1.51 bits per heavy atom. The minimum Gasteiger partial charge on any atom is -0.350 e. The summed E-state index contributed by atoms with van der Waals surface area (Å²) in [6.07, 6.45) is 0.454. The third kappa shape index (κ3) is 8.59. The molecule has 0 aliphatic rings. The maximum absolute atomic E-state index is 13.7. The summed E-state index contributed by atoms with van der Waals surface area (Å²) >= 11 is 1.50. The van der Waals surface area contributed by atoms with Crippen LogP contribution in [0, 0.1) is 13.8 Å². The number of hydrogen-bond donors (Lipinski definition) is 1. The minimum atomic E-state index is -0.622. The summed E-state index contributed by atoms with van der Waals surface area (Å²) in [6, 6.07) is 25.6. The Morgan fingerprint density at radius 3 is 2.14 bits per heavy atom. The lowest BCUT2D eigenvalue weighted by Crippen LogP contribution is -2.54. The van der Waals surface area contributed by atoms with Gasteiger partial charge in [0.15, 0.2) is 0 Å². The number of thioether (sulfide) groups is 1. The molecule has 3 rings (SSSR count). The summed E-state index contributed by atoms with van der Waals surface area (Å²) in [4.78, 5) is 30.1. The van der Waals surface area contributed by atoms with Gasteiger partial charge in [-0.05, 0) is 57.9 Å². The molecule has 3 aromatic carbocycles. The maximum Gasteiger partial charge on any atom is 0.243 e. The van der Waals surface area contributed by atoms with Crippen molar-refractivity contribution < 1.29 is 9.59 Å². The van der Waals surface area contributed by atoms with Crippen LogP contribution in [0.3, 0.4) is 0 Å². The van der Waals surface area contributed by atoms with Crippen molar-refractivity contribution in [2.24, 2.45) is 0 Å². The minimum absolute atomic E-state index is 0.0536. The first-order chi connectivity index (χ1) is 16.6. The van der Waals surface area contributed by atoms with Gasteiger partial charge in [-0.25, -0.2) is 0 Å². The summed E-state index contributed by atoms with van der Waals surface area (Å²) in [5, 5.41) is 3.11. The third-order valence-electron chi connectivity index (χ3n) is 5.59. The van der Waals surface area contributed by atoms with E-state index in [2.05, 4.69) is 11.4 Å². The van der Waals surface area contributed by atoms with Crippen LogP contribution in [0.1, 0.15) is 43.0 Å². The Kier molecular flexibility index (Phi) is 9.16. The van der Waals surface area contributed by atoms with Crippen molar-refractivity contribution in [3.63, 3.8) is 0 Å². The average Bonchev–Trinajstić information content (AvgIpc) is 2.80. The molecule has 0 fully saturated rings. The zero-order chi connectivity index (χ0) is 25.4. The van der Waals surface area contributed by atoms with E-state index in [0.717, 1.165) is 21.6 Å². The van der Waals surface area contributed by atoms with Crippen LogP contribution in [0.2, 0.25) is 0 Å². The summed E-state index contributed by atoms with van der Waals surface area (Å²) in [6.45, 7) is 10.4. The predicted molar refractivity (Wildman–Crippen MR) is 145 cm³/mol. The highest BCUT2D eigenvalue weighted by molar-refractivity contribution is 8.00. The van der Waals surface area contributed by atoms with Gasteiger partial charge in [-0.15, -0.1) is 11.8 Å². The van der Waals surface area contributed by atoms with Crippen molar-refractivity contribution in [2.75, 3.05) is 5.75 Å². The summed E-state index contributed by atoms with van der Waals surface area (Å²) in [5.74, 6) is 0.0768. The molecule has 5 heteroatoms. The molecule has 0 unspecified atom stereocenters. The molecule has 184 valence electrons. The van der Waals surface area contributed by atoms with Gasteiger partial charge in [0.1, 0.15) is 6.04 Å². The molecule has 1 N–H and O–H groups in total. The summed E-state index contributed by atoms with van der Waals surface area (Å²) in [7, 11) is 0. The van der Waals surface area contributed by atoms with Crippen molar-refractivity contribution in [3.05, 3.63) is 101 Å². The summed E-state index contributed by atoms with van der Waals surface area (Å²) < 4.78 is 0. The van der Waals surface area contributed by atoms with E-state index in [4.69, 9.17) is 0 Å². The molecule has 0 spiro atoms. The van der Waals surface area contributed by atoms with E-state index in [0.29, 0.717) is 13.0 Å². The van der Waals surface area contributed by atoms with E-state index < -0.39 is 11.6 Å². The first-order valence-corrected chi connectivity index (χ1v) is 13.0. The fourth-order valence-electron chi connectivity index (χ4n) is 3.88. The second-order valence-corrected chi connectivity index (χ2v) is 11.1. The van der Waals surface area contributed by atoms with Gasteiger partial charge in [-0.1, -0.05) is 77.9 Å². The van der Waals surface area contributed by atoms with Crippen LogP contribution in [0.25, 0.3) is 0 Å². The molecule has 0 saturated carbocycles. The third-order valence-corrected chi connectivity index (χ3v) is 6.58. The largest absolute Gasteiger partial charge is 0.350 e. The van der Waals surface area contributed by atoms with Crippen molar-refractivity contribution in [2.45, 2.75) is 64.1 Å². The van der Waals surface area contributed by atoms with Crippen LogP contribution in [-0.4, -0.2) is 34.0 Å². The highest BCUT2D eigenvalue weighted by atomic mass is 32.2. The Labute approximate surface area is 214 Å². The first kappa shape index (κ1) is 26.6. The standard InChI is InChI=1S/C30H36N2O2S/c1-22-14-16-26(17-15-22)35-21-28(33)32(20-25-13-9-10-23(2)18-25)27(29(34)31-30(3,4)5)19-24-11-7-6-8-12-24/h6-18,27H,19-21H2,1-5H3,(H,31,34)/t27-/m1/s1. The number of carbonyl (C=O) groups excluding carboxylic acids is 2. The van der Waals surface area contributed by atoms with E-state index in [1.165, 1.54) is 17.3 Å². The zero-order valence-electron chi connectivity index (χ0n) is 21.4. The lowest BCUT2D eigenvalue weighted by Gasteiger charge is -2.34.